The minimum Gasteiger partial charge on any atom is -0.504 e. The number of phenols is 3. The zero-order chi connectivity index (χ0) is 22.5. The number of benzene rings is 3. The highest BCUT2D eigenvalue weighted by atomic mass is 16.5. The molecule has 0 saturated carbocycles. The fraction of sp³-hybridized carbons (Fsp3) is 0.0455. The summed E-state index contributed by atoms with van der Waals surface area (Å²) in [7, 11) is 0. The minimum absolute atomic E-state index is 0.0576. The number of phenolic OH excluding ortho intramolecular Hbond substituents is 3. The number of ether oxygens (including phenoxy) is 1. The van der Waals surface area contributed by atoms with Gasteiger partial charge in [0.05, 0.1) is 0 Å². The van der Waals surface area contributed by atoms with Crippen LogP contribution in [0.5, 0.6) is 23.0 Å². The quantitative estimate of drug-likeness (QED) is 0.241. The molecule has 5 N–H and O–H groups in total. The van der Waals surface area contributed by atoms with Crippen LogP contribution in [-0.4, -0.2) is 33.1 Å². The number of anilines is 2. The number of rotatable bonds is 5. The lowest BCUT2D eigenvalue weighted by molar-refractivity contribution is -0.131. The minimum atomic E-state index is -0.713. The SMILES string of the molecule is CC(=O)Oc1cccc(C(=O)Nc2ccc(NC(=O)c3cc(O)c(O)c(O)c3)cc2)c1. The van der Waals surface area contributed by atoms with Crippen molar-refractivity contribution < 1.29 is 34.4 Å². The van der Waals surface area contributed by atoms with Crippen LogP contribution in [0, 0.1) is 0 Å². The third-order valence-electron chi connectivity index (χ3n) is 4.09. The first-order chi connectivity index (χ1) is 14.7. The van der Waals surface area contributed by atoms with Crippen LogP contribution in [0.3, 0.4) is 0 Å². The van der Waals surface area contributed by atoms with Gasteiger partial charge in [-0.25, -0.2) is 0 Å². The van der Waals surface area contributed by atoms with Gasteiger partial charge in [0.1, 0.15) is 5.75 Å². The van der Waals surface area contributed by atoms with Crippen LogP contribution in [0.15, 0.2) is 60.7 Å². The Hall–Kier alpha value is -4.53. The van der Waals surface area contributed by atoms with Crippen molar-refractivity contribution in [3.63, 3.8) is 0 Å². The van der Waals surface area contributed by atoms with Gasteiger partial charge in [-0.15, -0.1) is 0 Å². The molecule has 0 unspecified atom stereocenters. The Morgan fingerprint density at radius 2 is 1.26 bits per heavy atom. The van der Waals surface area contributed by atoms with Crippen LogP contribution in [0.2, 0.25) is 0 Å². The fourth-order valence-electron chi connectivity index (χ4n) is 2.65. The van der Waals surface area contributed by atoms with E-state index in [1.165, 1.54) is 13.0 Å². The molecule has 0 fully saturated rings. The first-order valence-electron chi connectivity index (χ1n) is 8.99. The number of amides is 2. The van der Waals surface area contributed by atoms with Gasteiger partial charge >= 0.3 is 5.97 Å². The van der Waals surface area contributed by atoms with Crippen molar-refractivity contribution >= 4 is 29.2 Å². The Morgan fingerprint density at radius 3 is 1.77 bits per heavy atom. The van der Waals surface area contributed by atoms with E-state index in [4.69, 9.17) is 4.74 Å². The van der Waals surface area contributed by atoms with Crippen molar-refractivity contribution in [2.24, 2.45) is 0 Å². The highest BCUT2D eigenvalue weighted by Gasteiger charge is 2.14. The van der Waals surface area contributed by atoms with E-state index in [0.717, 1.165) is 12.1 Å². The van der Waals surface area contributed by atoms with Crippen molar-refractivity contribution in [3.8, 4) is 23.0 Å². The van der Waals surface area contributed by atoms with Crippen LogP contribution in [0.25, 0.3) is 0 Å². The number of hydrogen-bond acceptors (Lipinski definition) is 7. The van der Waals surface area contributed by atoms with Gasteiger partial charge in [-0.1, -0.05) is 6.07 Å². The van der Waals surface area contributed by atoms with E-state index in [9.17, 15) is 29.7 Å². The van der Waals surface area contributed by atoms with Crippen LogP contribution >= 0.6 is 0 Å². The van der Waals surface area contributed by atoms with Gasteiger partial charge in [-0.2, -0.15) is 0 Å². The monoisotopic (exact) mass is 422 g/mol. The predicted octanol–water partition coefficient (Wildman–Crippen LogP) is 3.23. The van der Waals surface area contributed by atoms with E-state index in [1.54, 1.807) is 42.5 Å². The Morgan fingerprint density at radius 1 is 0.742 bits per heavy atom. The summed E-state index contributed by atoms with van der Waals surface area (Å²) in [6.45, 7) is 1.26. The number of aromatic hydroxyl groups is 3. The molecule has 0 radical (unpaired) electrons. The molecular formula is C22H18N2O7. The molecule has 0 spiro atoms. The van der Waals surface area contributed by atoms with E-state index >= 15 is 0 Å². The molecule has 0 atom stereocenters. The molecule has 3 rings (SSSR count). The molecule has 0 heterocycles. The molecular weight excluding hydrogens is 404 g/mol. The van der Waals surface area contributed by atoms with Crippen LogP contribution in [0.1, 0.15) is 27.6 Å². The molecule has 0 bridgehead atoms. The summed E-state index contributed by atoms with van der Waals surface area (Å²) in [6.07, 6.45) is 0. The average Bonchev–Trinajstić information content (AvgIpc) is 2.72. The largest absolute Gasteiger partial charge is 0.504 e. The van der Waals surface area contributed by atoms with Crippen LogP contribution < -0.4 is 15.4 Å². The summed E-state index contributed by atoms with van der Waals surface area (Å²) in [5.74, 6) is -3.24. The normalized spacial score (nSPS) is 10.2. The van der Waals surface area contributed by atoms with E-state index in [0.29, 0.717) is 16.9 Å². The fourth-order valence-corrected chi connectivity index (χ4v) is 2.65. The number of nitrogens with one attached hydrogen (secondary N) is 2. The summed E-state index contributed by atoms with van der Waals surface area (Å²) in [5.41, 5.74) is 1.09. The highest BCUT2D eigenvalue weighted by molar-refractivity contribution is 6.06. The number of carbonyl (C=O) groups excluding carboxylic acids is 3. The molecule has 0 aliphatic heterocycles. The lowest BCUT2D eigenvalue weighted by atomic mass is 10.1. The smallest absolute Gasteiger partial charge is 0.308 e. The summed E-state index contributed by atoms with van der Waals surface area (Å²) in [6, 6.07) is 14.4. The Labute approximate surface area is 176 Å². The van der Waals surface area contributed by atoms with Gasteiger partial charge in [0.15, 0.2) is 17.2 Å². The summed E-state index contributed by atoms with van der Waals surface area (Å²) >= 11 is 0. The van der Waals surface area contributed by atoms with Crippen LogP contribution in [0.4, 0.5) is 11.4 Å². The molecule has 9 heteroatoms. The van der Waals surface area contributed by atoms with Crippen molar-refractivity contribution in [1.29, 1.82) is 0 Å². The van der Waals surface area contributed by atoms with Crippen molar-refractivity contribution in [2.45, 2.75) is 6.92 Å². The zero-order valence-electron chi connectivity index (χ0n) is 16.2. The van der Waals surface area contributed by atoms with E-state index in [2.05, 4.69) is 10.6 Å². The van der Waals surface area contributed by atoms with Gasteiger partial charge in [0.25, 0.3) is 11.8 Å². The number of hydrogen-bond donors (Lipinski definition) is 5. The average molecular weight is 422 g/mol. The van der Waals surface area contributed by atoms with E-state index in [-0.39, 0.29) is 11.3 Å². The molecule has 0 aliphatic rings. The van der Waals surface area contributed by atoms with Gasteiger partial charge in [-0.3, -0.25) is 14.4 Å². The maximum Gasteiger partial charge on any atom is 0.308 e. The Bertz CT molecular complexity index is 1130. The van der Waals surface area contributed by atoms with Crippen molar-refractivity contribution in [1.82, 2.24) is 0 Å². The maximum atomic E-state index is 12.4. The van der Waals surface area contributed by atoms with Gasteiger partial charge in [0, 0.05) is 29.4 Å². The van der Waals surface area contributed by atoms with E-state index in [1.807, 2.05) is 0 Å². The molecule has 0 aromatic heterocycles. The second-order valence-corrected chi connectivity index (χ2v) is 6.47. The van der Waals surface area contributed by atoms with Gasteiger partial charge < -0.3 is 30.7 Å². The third-order valence-corrected chi connectivity index (χ3v) is 4.09. The van der Waals surface area contributed by atoms with E-state index < -0.39 is 35.0 Å². The topological polar surface area (TPSA) is 145 Å². The van der Waals surface area contributed by atoms with Gasteiger partial charge in [0.2, 0.25) is 0 Å². The standard InChI is InChI=1S/C22H18N2O7/c1-12(25)31-17-4-2-3-13(9-17)21(29)23-15-5-7-16(8-6-15)24-22(30)14-10-18(26)20(28)19(27)11-14/h2-11,26-28H,1H3,(H,23,29)(H,24,30). The summed E-state index contributed by atoms with van der Waals surface area (Å²) < 4.78 is 4.96. The van der Waals surface area contributed by atoms with Crippen molar-refractivity contribution in [3.05, 3.63) is 71.8 Å². The lowest BCUT2D eigenvalue weighted by Crippen LogP contribution is -2.13. The maximum absolute atomic E-state index is 12.4. The Kier molecular flexibility index (Phi) is 6.06. The molecule has 0 aliphatic carbocycles. The second kappa shape index (κ2) is 8.87. The first-order valence-corrected chi connectivity index (χ1v) is 8.99. The highest BCUT2D eigenvalue weighted by Crippen LogP contribution is 2.35. The zero-order valence-corrected chi connectivity index (χ0v) is 16.2. The number of esters is 1. The molecule has 31 heavy (non-hydrogen) atoms. The Balaban J connectivity index is 1.66. The molecule has 0 saturated heterocycles. The molecule has 9 nitrogen and oxygen atoms in total. The predicted molar refractivity (Wildman–Crippen MR) is 112 cm³/mol. The molecule has 3 aromatic carbocycles. The van der Waals surface area contributed by atoms with Gasteiger partial charge in [-0.05, 0) is 54.6 Å². The summed E-state index contributed by atoms with van der Waals surface area (Å²) in [4.78, 5) is 35.7. The van der Waals surface area contributed by atoms with Crippen molar-refractivity contribution in [2.75, 3.05) is 10.6 Å². The lowest BCUT2D eigenvalue weighted by Gasteiger charge is -2.10. The summed E-state index contributed by atoms with van der Waals surface area (Å²) in [5, 5.41) is 33.6. The molecule has 3 aromatic rings. The first kappa shape index (κ1) is 21.2. The van der Waals surface area contributed by atoms with Crippen LogP contribution in [-0.2, 0) is 4.79 Å². The third kappa shape index (κ3) is 5.30. The molecule has 2 amide bonds. The molecule has 158 valence electrons. The number of carbonyl (C=O) groups is 3. The second-order valence-electron chi connectivity index (χ2n) is 6.47.